The molecule has 0 heterocycles. The van der Waals surface area contributed by atoms with Crippen LogP contribution >= 0.6 is 0 Å². The van der Waals surface area contributed by atoms with E-state index in [2.05, 4.69) is 15.6 Å². The Bertz CT molecular complexity index is 674. The zero-order valence-corrected chi connectivity index (χ0v) is 12.1. The van der Waals surface area contributed by atoms with Crippen LogP contribution < -0.4 is 10.6 Å². The van der Waals surface area contributed by atoms with Gasteiger partial charge in [0.2, 0.25) is 0 Å². The fraction of sp³-hybridized carbons (Fsp3) is 0.188. The summed E-state index contributed by atoms with van der Waals surface area (Å²) in [6, 6.07) is 10.6. The predicted octanol–water partition coefficient (Wildman–Crippen LogP) is 2.54. The third-order valence-electron chi connectivity index (χ3n) is 3.10. The molecule has 2 aromatic rings. The van der Waals surface area contributed by atoms with Gasteiger partial charge in [0.25, 0.3) is 0 Å². The first kappa shape index (κ1) is 15.8. The van der Waals surface area contributed by atoms with E-state index >= 15 is 0 Å². The highest BCUT2D eigenvalue weighted by Crippen LogP contribution is 2.15. The molecule has 4 nitrogen and oxygen atoms in total. The number of halogens is 2. The molecule has 2 aromatic carbocycles. The van der Waals surface area contributed by atoms with Crippen LogP contribution in [0.4, 0.5) is 8.78 Å². The fourth-order valence-corrected chi connectivity index (χ4v) is 1.89. The first-order valence-corrected chi connectivity index (χ1v) is 6.75. The molecule has 0 aliphatic carbocycles. The maximum absolute atomic E-state index is 13.5. The van der Waals surface area contributed by atoms with Gasteiger partial charge in [0.15, 0.2) is 17.5 Å². The number of phenols is 1. The molecule has 0 saturated heterocycles. The van der Waals surface area contributed by atoms with Crippen LogP contribution in [-0.2, 0) is 13.1 Å². The molecular formula is C16H17F2N3O. The van der Waals surface area contributed by atoms with Gasteiger partial charge in [-0.15, -0.1) is 0 Å². The highest BCUT2D eigenvalue weighted by molar-refractivity contribution is 5.79. The van der Waals surface area contributed by atoms with Gasteiger partial charge in [0.1, 0.15) is 5.82 Å². The van der Waals surface area contributed by atoms with Crippen LogP contribution in [0, 0.1) is 11.6 Å². The molecule has 116 valence electrons. The minimum absolute atomic E-state index is 0.286. The van der Waals surface area contributed by atoms with Crippen molar-refractivity contribution in [1.29, 1.82) is 0 Å². The minimum Gasteiger partial charge on any atom is -0.505 e. The molecule has 0 aromatic heterocycles. The molecule has 22 heavy (non-hydrogen) atoms. The van der Waals surface area contributed by atoms with E-state index in [1.165, 1.54) is 18.2 Å². The lowest BCUT2D eigenvalue weighted by molar-refractivity contribution is 0.431. The average molecular weight is 305 g/mol. The molecule has 0 aliphatic heterocycles. The lowest BCUT2D eigenvalue weighted by Crippen LogP contribution is -2.36. The van der Waals surface area contributed by atoms with Crippen LogP contribution in [0.1, 0.15) is 11.1 Å². The molecule has 3 N–H and O–H groups in total. The van der Waals surface area contributed by atoms with Crippen molar-refractivity contribution in [2.24, 2.45) is 4.99 Å². The Morgan fingerprint density at radius 2 is 1.77 bits per heavy atom. The molecule has 2 rings (SSSR count). The van der Waals surface area contributed by atoms with Crippen molar-refractivity contribution < 1.29 is 13.9 Å². The third kappa shape index (κ3) is 4.18. The lowest BCUT2D eigenvalue weighted by Gasteiger charge is -2.12. The van der Waals surface area contributed by atoms with Gasteiger partial charge < -0.3 is 15.7 Å². The van der Waals surface area contributed by atoms with E-state index in [1.807, 2.05) is 0 Å². The molecule has 0 atom stereocenters. The Hall–Kier alpha value is -2.63. The number of aliphatic imine (C=N–C) groups is 1. The summed E-state index contributed by atoms with van der Waals surface area (Å²) in [5, 5.41) is 15.1. The summed E-state index contributed by atoms with van der Waals surface area (Å²) < 4.78 is 26.7. The van der Waals surface area contributed by atoms with Crippen LogP contribution in [-0.4, -0.2) is 18.1 Å². The van der Waals surface area contributed by atoms with Crippen LogP contribution in [0.5, 0.6) is 5.75 Å². The number of aromatic hydroxyl groups is 1. The number of hydrogen-bond acceptors (Lipinski definition) is 2. The van der Waals surface area contributed by atoms with Gasteiger partial charge in [-0.2, -0.15) is 0 Å². The molecule has 0 spiro atoms. The number of phenolic OH excluding ortho intramolecular Hbond substituents is 1. The normalized spacial score (nSPS) is 11.3. The number of guanidine groups is 1. The van der Waals surface area contributed by atoms with Crippen molar-refractivity contribution in [3.05, 3.63) is 65.2 Å². The van der Waals surface area contributed by atoms with Gasteiger partial charge in [-0.1, -0.05) is 24.3 Å². The van der Waals surface area contributed by atoms with E-state index in [9.17, 15) is 8.78 Å². The molecule has 0 unspecified atom stereocenters. The van der Waals surface area contributed by atoms with Gasteiger partial charge in [0, 0.05) is 25.7 Å². The van der Waals surface area contributed by atoms with Crippen molar-refractivity contribution in [1.82, 2.24) is 10.6 Å². The van der Waals surface area contributed by atoms with Crippen molar-refractivity contribution >= 4 is 5.96 Å². The quantitative estimate of drug-likeness (QED) is 0.601. The van der Waals surface area contributed by atoms with Crippen LogP contribution in [0.3, 0.4) is 0 Å². The second-order valence-corrected chi connectivity index (χ2v) is 4.66. The molecule has 6 heteroatoms. The summed E-state index contributed by atoms with van der Waals surface area (Å²) in [6.07, 6.45) is 0. The summed E-state index contributed by atoms with van der Waals surface area (Å²) in [5.74, 6) is -0.873. The number of benzene rings is 2. The summed E-state index contributed by atoms with van der Waals surface area (Å²) in [6.45, 7) is 0.616. The third-order valence-corrected chi connectivity index (χ3v) is 3.10. The van der Waals surface area contributed by atoms with E-state index in [-0.39, 0.29) is 18.1 Å². The molecule has 0 bridgehead atoms. The molecule has 0 amide bonds. The number of nitrogens with one attached hydrogen (secondary N) is 2. The second kappa shape index (κ2) is 7.40. The van der Waals surface area contributed by atoms with E-state index < -0.39 is 5.82 Å². The van der Waals surface area contributed by atoms with Crippen LogP contribution in [0.15, 0.2) is 47.5 Å². The van der Waals surface area contributed by atoms with E-state index in [0.29, 0.717) is 23.6 Å². The molecule has 0 radical (unpaired) electrons. The summed E-state index contributed by atoms with van der Waals surface area (Å²) in [4.78, 5) is 4.02. The van der Waals surface area contributed by atoms with E-state index in [1.54, 1.807) is 31.3 Å². The topological polar surface area (TPSA) is 56.7 Å². The Morgan fingerprint density at radius 1 is 1.05 bits per heavy atom. The Labute approximate surface area is 127 Å². The zero-order valence-electron chi connectivity index (χ0n) is 12.1. The molecule has 0 fully saturated rings. The smallest absolute Gasteiger partial charge is 0.191 e. The molecule has 0 saturated carbocycles. The maximum atomic E-state index is 13.5. The van der Waals surface area contributed by atoms with Crippen LogP contribution in [0.2, 0.25) is 0 Å². The number of nitrogens with zero attached hydrogens (tertiary/aromatic N) is 1. The first-order chi connectivity index (χ1) is 10.6. The Kier molecular flexibility index (Phi) is 5.30. The van der Waals surface area contributed by atoms with Crippen LogP contribution in [0.25, 0.3) is 0 Å². The van der Waals surface area contributed by atoms with Gasteiger partial charge in [-0.3, -0.25) is 4.99 Å². The largest absolute Gasteiger partial charge is 0.505 e. The molecule has 0 aliphatic rings. The van der Waals surface area contributed by atoms with Gasteiger partial charge in [0.05, 0.1) is 0 Å². The summed E-state index contributed by atoms with van der Waals surface area (Å²) in [7, 11) is 1.59. The number of rotatable bonds is 4. The second-order valence-electron chi connectivity index (χ2n) is 4.66. The number of hydrogen-bond donors (Lipinski definition) is 3. The van der Waals surface area contributed by atoms with Crippen molar-refractivity contribution in [2.45, 2.75) is 13.1 Å². The highest BCUT2D eigenvalue weighted by atomic mass is 19.1. The first-order valence-electron chi connectivity index (χ1n) is 6.75. The van der Waals surface area contributed by atoms with Gasteiger partial charge >= 0.3 is 0 Å². The van der Waals surface area contributed by atoms with Crippen molar-refractivity contribution in [2.75, 3.05) is 7.05 Å². The predicted molar refractivity (Wildman–Crippen MR) is 81.5 cm³/mol. The van der Waals surface area contributed by atoms with Gasteiger partial charge in [-0.05, 0) is 23.8 Å². The van der Waals surface area contributed by atoms with Crippen molar-refractivity contribution in [3.63, 3.8) is 0 Å². The maximum Gasteiger partial charge on any atom is 0.191 e. The Morgan fingerprint density at radius 3 is 2.45 bits per heavy atom. The molecular weight excluding hydrogens is 288 g/mol. The monoisotopic (exact) mass is 305 g/mol. The standard InChI is InChI=1S/C16H17F2N3O/c1-19-16(21-10-12-4-2-3-5-13(12)17)20-9-11-6-7-15(22)14(18)8-11/h2-8,22H,9-10H2,1H3,(H2,19,20,21). The Balaban J connectivity index is 1.90. The average Bonchev–Trinajstić information content (AvgIpc) is 2.52. The SMILES string of the molecule is CN=C(NCc1ccc(O)c(F)c1)NCc1ccccc1F. The lowest BCUT2D eigenvalue weighted by atomic mass is 10.2. The van der Waals surface area contributed by atoms with E-state index in [0.717, 1.165) is 0 Å². The zero-order chi connectivity index (χ0) is 15.9. The summed E-state index contributed by atoms with van der Waals surface area (Å²) in [5.41, 5.74) is 1.19. The summed E-state index contributed by atoms with van der Waals surface area (Å²) >= 11 is 0. The van der Waals surface area contributed by atoms with Gasteiger partial charge in [-0.25, -0.2) is 8.78 Å². The highest BCUT2D eigenvalue weighted by Gasteiger charge is 2.04. The van der Waals surface area contributed by atoms with E-state index in [4.69, 9.17) is 5.11 Å². The minimum atomic E-state index is -0.673. The van der Waals surface area contributed by atoms with Crippen molar-refractivity contribution in [3.8, 4) is 5.75 Å². The fourth-order valence-electron chi connectivity index (χ4n) is 1.89.